The van der Waals surface area contributed by atoms with Crippen LogP contribution in [-0.4, -0.2) is 26.2 Å². The summed E-state index contributed by atoms with van der Waals surface area (Å²) in [6.07, 6.45) is 1.12. The molecule has 0 unspecified atom stereocenters. The van der Waals surface area contributed by atoms with Crippen molar-refractivity contribution in [2.75, 3.05) is 31.1 Å². The molecule has 1 aromatic rings. The minimum absolute atomic E-state index is 0.982. The lowest BCUT2D eigenvalue weighted by molar-refractivity contribution is 0.579. The summed E-state index contributed by atoms with van der Waals surface area (Å²) in [6, 6.07) is 8.90. The maximum Gasteiger partial charge on any atom is 0.0367 e. The lowest BCUT2D eigenvalue weighted by Crippen LogP contribution is -2.40. The summed E-state index contributed by atoms with van der Waals surface area (Å²) in [5.41, 5.74) is 2.76. The molecule has 0 bridgehead atoms. The van der Waals surface area contributed by atoms with Crippen molar-refractivity contribution in [3.05, 3.63) is 29.8 Å². The molecule has 2 rings (SSSR count). The number of aryl methyl sites for hydroxylation is 1. The summed E-state index contributed by atoms with van der Waals surface area (Å²) in [4.78, 5) is 2.41. The second kappa shape index (κ2) is 4.47. The molecule has 1 saturated heterocycles. The van der Waals surface area contributed by atoms with Crippen molar-refractivity contribution in [3.8, 4) is 0 Å². The molecule has 1 aromatic carbocycles. The van der Waals surface area contributed by atoms with E-state index in [4.69, 9.17) is 0 Å². The Morgan fingerprint density at radius 3 is 2.36 bits per heavy atom. The van der Waals surface area contributed by atoms with Crippen molar-refractivity contribution >= 4 is 5.69 Å². The summed E-state index contributed by atoms with van der Waals surface area (Å²) in [7, 11) is 0. The summed E-state index contributed by atoms with van der Waals surface area (Å²) in [5, 5.41) is 4.34. The second-order valence-electron chi connectivity index (χ2n) is 3.68. The van der Waals surface area contributed by atoms with Crippen LogP contribution in [0.5, 0.6) is 0 Å². The average molecular weight is 189 g/mol. The Morgan fingerprint density at radius 2 is 1.79 bits per heavy atom. The summed E-state index contributed by atoms with van der Waals surface area (Å²) < 4.78 is 0. The predicted octanol–water partition coefficient (Wildman–Crippen LogP) is 1.67. The van der Waals surface area contributed by atoms with Gasteiger partial charge in [0.05, 0.1) is 0 Å². The van der Waals surface area contributed by atoms with Gasteiger partial charge in [-0.1, -0.05) is 19.1 Å². The quantitative estimate of drug-likeness (QED) is 0.692. The van der Waals surface area contributed by atoms with E-state index in [1.807, 2.05) is 0 Å². The number of anilines is 1. The van der Waals surface area contributed by atoms with Gasteiger partial charge in [-0.05, 0) is 24.1 Å². The fraction of sp³-hybridized carbons (Fsp3) is 0.500. The standard InChI is InChI=1S/C12H17N2/c1-2-11-3-5-12(6-4-11)14-9-7-13-8-10-14/h3-6H,2,7-10H2,1H3. The molecule has 14 heavy (non-hydrogen) atoms. The summed E-state index contributed by atoms with van der Waals surface area (Å²) in [6.45, 7) is 6.30. The normalized spacial score (nSPS) is 17.1. The maximum absolute atomic E-state index is 4.34. The Kier molecular flexibility index (Phi) is 3.04. The molecule has 2 nitrogen and oxygen atoms in total. The first-order valence-corrected chi connectivity index (χ1v) is 5.37. The van der Waals surface area contributed by atoms with Gasteiger partial charge < -0.3 is 4.90 Å². The van der Waals surface area contributed by atoms with Crippen LogP contribution in [0.2, 0.25) is 0 Å². The third kappa shape index (κ3) is 2.07. The van der Waals surface area contributed by atoms with Crippen molar-refractivity contribution in [1.82, 2.24) is 5.32 Å². The zero-order chi connectivity index (χ0) is 9.80. The molecule has 1 aliphatic heterocycles. The zero-order valence-electron chi connectivity index (χ0n) is 8.74. The van der Waals surface area contributed by atoms with Crippen LogP contribution in [0.15, 0.2) is 24.3 Å². The number of hydrogen-bond donors (Lipinski definition) is 0. The van der Waals surface area contributed by atoms with Gasteiger partial charge in [0.25, 0.3) is 0 Å². The number of benzene rings is 1. The highest BCUT2D eigenvalue weighted by molar-refractivity contribution is 5.48. The van der Waals surface area contributed by atoms with Crippen molar-refractivity contribution in [2.45, 2.75) is 13.3 Å². The van der Waals surface area contributed by atoms with E-state index in [9.17, 15) is 0 Å². The molecule has 1 aliphatic rings. The van der Waals surface area contributed by atoms with Gasteiger partial charge in [0.15, 0.2) is 0 Å². The highest BCUT2D eigenvalue weighted by atomic mass is 15.2. The van der Waals surface area contributed by atoms with E-state index in [-0.39, 0.29) is 0 Å². The predicted molar refractivity (Wildman–Crippen MR) is 59.9 cm³/mol. The number of nitrogens with zero attached hydrogens (tertiary/aromatic N) is 2. The molecule has 0 aromatic heterocycles. The molecular weight excluding hydrogens is 172 g/mol. The Bertz CT molecular complexity index is 273. The van der Waals surface area contributed by atoms with Gasteiger partial charge in [0, 0.05) is 31.9 Å². The monoisotopic (exact) mass is 189 g/mol. The van der Waals surface area contributed by atoms with Gasteiger partial charge in [0.2, 0.25) is 0 Å². The van der Waals surface area contributed by atoms with E-state index in [0.717, 1.165) is 32.6 Å². The van der Waals surface area contributed by atoms with Crippen LogP contribution in [0.25, 0.3) is 0 Å². The average Bonchev–Trinajstić information content (AvgIpc) is 2.30. The number of hydrogen-bond acceptors (Lipinski definition) is 1. The van der Waals surface area contributed by atoms with Gasteiger partial charge in [-0.25, -0.2) is 5.32 Å². The van der Waals surface area contributed by atoms with Crippen LogP contribution in [0.1, 0.15) is 12.5 Å². The molecular formula is C12H17N2. The smallest absolute Gasteiger partial charge is 0.0367 e. The van der Waals surface area contributed by atoms with E-state index in [2.05, 4.69) is 41.4 Å². The maximum atomic E-state index is 4.34. The molecule has 0 N–H and O–H groups in total. The highest BCUT2D eigenvalue weighted by Gasteiger charge is 2.10. The van der Waals surface area contributed by atoms with Gasteiger partial charge >= 0.3 is 0 Å². The third-order valence-electron chi connectivity index (χ3n) is 2.77. The highest BCUT2D eigenvalue weighted by Crippen LogP contribution is 2.15. The third-order valence-corrected chi connectivity index (χ3v) is 2.77. The van der Waals surface area contributed by atoms with Gasteiger partial charge in [-0.2, -0.15) is 0 Å². The fourth-order valence-corrected chi connectivity index (χ4v) is 1.81. The first-order chi connectivity index (χ1) is 6.90. The molecule has 1 fully saturated rings. The molecule has 1 heterocycles. The Labute approximate surface area is 85.9 Å². The van der Waals surface area contributed by atoms with E-state index >= 15 is 0 Å². The van der Waals surface area contributed by atoms with Crippen molar-refractivity contribution in [3.63, 3.8) is 0 Å². The van der Waals surface area contributed by atoms with Crippen molar-refractivity contribution < 1.29 is 0 Å². The minimum Gasteiger partial charge on any atom is -0.369 e. The molecule has 0 aliphatic carbocycles. The Balaban J connectivity index is 2.07. The van der Waals surface area contributed by atoms with Crippen LogP contribution in [0, 0.1) is 0 Å². The van der Waals surface area contributed by atoms with Crippen LogP contribution < -0.4 is 10.2 Å². The van der Waals surface area contributed by atoms with Crippen LogP contribution in [0.4, 0.5) is 5.69 Å². The topological polar surface area (TPSA) is 17.3 Å². The van der Waals surface area contributed by atoms with Gasteiger partial charge in [-0.15, -0.1) is 0 Å². The summed E-state index contributed by atoms with van der Waals surface area (Å²) in [5.74, 6) is 0. The molecule has 75 valence electrons. The zero-order valence-corrected chi connectivity index (χ0v) is 8.74. The second-order valence-corrected chi connectivity index (χ2v) is 3.68. The van der Waals surface area contributed by atoms with E-state index in [1.54, 1.807) is 0 Å². The number of rotatable bonds is 2. The van der Waals surface area contributed by atoms with Crippen LogP contribution in [-0.2, 0) is 6.42 Å². The molecule has 0 amide bonds. The largest absolute Gasteiger partial charge is 0.369 e. The van der Waals surface area contributed by atoms with E-state index in [1.165, 1.54) is 11.3 Å². The van der Waals surface area contributed by atoms with Crippen LogP contribution in [0.3, 0.4) is 0 Å². The lowest BCUT2D eigenvalue weighted by Gasteiger charge is -2.28. The van der Waals surface area contributed by atoms with E-state index in [0.29, 0.717) is 0 Å². The first-order valence-electron chi connectivity index (χ1n) is 5.37. The molecule has 0 atom stereocenters. The fourth-order valence-electron chi connectivity index (χ4n) is 1.81. The minimum atomic E-state index is 0.982. The number of piperazine rings is 1. The van der Waals surface area contributed by atoms with Crippen molar-refractivity contribution in [1.29, 1.82) is 0 Å². The molecule has 1 radical (unpaired) electrons. The first kappa shape index (κ1) is 9.53. The van der Waals surface area contributed by atoms with Crippen LogP contribution >= 0.6 is 0 Å². The molecule has 2 heteroatoms. The van der Waals surface area contributed by atoms with Gasteiger partial charge in [-0.3, -0.25) is 0 Å². The summed E-state index contributed by atoms with van der Waals surface area (Å²) >= 11 is 0. The van der Waals surface area contributed by atoms with Crippen molar-refractivity contribution in [2.24, 2.45) is 0 Å². The SMILES string of the molecule is CCc1ccc(N2CC[N]CC2)cc1. The lowest BCUT2D eigenvalue weighted by atomic mass is 10.1. The Morgan fingerprint density at radius 1 is 1.14 bits per heavy atom. The van der Waals surface area contributed by atoms with E-state index < -0.39 is 0 Å². The Hall–Kier alpha value is -1.02. The van der Waals surface area contributed by atoms with Gasteiger partial charge in [0.1, 0.15) is 0 Å². The molecule has 0 saturated carbocycles. The molecule has 0 spiro atoms.